The van der Waals surface area contributed by atoms with Crippen molar-refractivity contribution in [1.82, 2.24) is 4.90 Å². The first-order chi connectivity index (χ1) is 11.3. The Morgan fingerprint density at radius 2 is 2.17 bits per heavy atom. The van der Waals surface area contributed by atoms with Gasteiger partial charge in [0.25, 0.3) is 0 Å². The summed E-state index contributed by atoms with van der Waals surface area (Å²) in [5.41, 5.74) is -0.980. The molecule has 1 aromatic rings. The molecule has 3 rings (SSSR count). The molecular weight excluding hydrogens is 323 g/mol. The Morgan fingerprint density at radius 3 is 2.75 bits per heavy atom. The van der Waals surface area contributed by atoms with Crippen LogP contribution in [0.4, 0.5) is 13.2 Å². The molecule has 4 nitrogen and oxygen atoms in total. The highest BCUT2D eigenvalue weighted by Crippen LogP contribution is 2.41. The fraction of sp³-hybridized carbons (Fsp3) is 0.588. The third-order valence-corrected chi connectivity index (χ3v) is 5.16. The van der Waals surface area contributed by atoms with E-state index in [2.05, 4.69) is 0 Å². The van der Waals surface area contributed by atoms with Crippen molar-refractivity contribution in [3.63, 3.8) is 0 Å². The molecule has 7 heteroatoms. The van der Waals surface area contributed by atoms with Gasteiger partial charge in [-0.05, 0) is 38.0 Å². The topological polar surface area (TPSA) is 38.8 Å². The molecule has 1 aromatic carbocycles. The Balaban J connectivity index is 1.85. The molecule has 0 aromatic heterocycles. The average Bonchev–Trinajstić information content (AvgIpc) is 2.94. The van der Waals surface area contributed by atoms with Gasteiger partial charge in [0.2, 0.25) is 5.91 Å². The van der Waals surface area contributed by atoms with Crippen LogP contribution in [0.5, 0.6) is 5.75 Å². The number of hydrogen-bond donors (Lipinski definition) is 0. The Morgan fingerprint density at radius 1 is 1.42 bits per heavy atom. The molecule has 2 heterocycles. The fourth-order valence-electron chi connectivity index (χ4n) is 3.54. The molecule has 24 heavy (non-hydrogen) atoms. The molecule has 2 aliphatic heterocycles. The van der Waals surface area contributed by atoms with Gasteiger partial charge < -0.3 is 14.4 Å². The van der Waals surface area contributed by atoms with E-state index in [1.165, 1.54) is 11.0 Å². The van der Waals surface area contributed by atoms with Crippen LogP contribution in [-0.4, -0.2) is 30.2 Å². The predicted molar refractivity (Wildman–Crippen MR) is 80.2 cm³/mol. The predicted octanol–water partition coefficient (Wildman–Crippen LogP) is 3.59. The zero-order valence-electron chi connectivity index (χ0n) is 13.7. The number of hydrogen-bond acceptors (Lipinski definition) is 3. The van der Waals surface area contributed by atoms with E-state index in [0.717, 1.165) is 12.1 Å². The Bertz CT molecular complexity index is 646. The fourth-order valence-corrected chi connectivity index (χ4v) is 3.54. The number of carbonyl (C=O) groups excluding carboxylic acids is 1. The summed E-state index contributed by atoms with van der Waals surface area (Å²) in [6.45, 7) is 4.49. The van der Waals surface area contributed by atoms with Crippen LogP contribution in [0.2, 0.25) is 0 Å². The summed E-state index contributed by atoms with van der Waals surface area (Å²) in [6, 6.07) is 3.37. The highest BCUT2D eigenvalue weighted by atomic mass is 19.4. The summed E-state index contributed by atoms with van der Waals surface area (Å²) in [4.78, 5) is 14.5. The van der Waals surface area contributed by atoms with E-state index >= 15 is 0 Å². The van der Waals surface area contributed by atoms with Crippen molar-refractivity contribution in [2.75, 3.05) is 13.3 Å². The SMILES string of the molecule is CCC1(C(=O)N2COc3ccc(C(F)(F)F)cc3C2)CCOC1C. The van der Waals surface area contributed by atoms with Crippen LogP contribution in [0.15, 0.2) is 18.2 Å². The Kier molecular flexibility index (Phi) is 4.23. The van der Waals surface area contributed by atoms with Gasteiger partial charge in [0.15, 0.2) is 6.73 Å². The second kappa shape index (κ2) is 5.95. The molecule has 0 spiro atoms. The molecule has 0 aliphatic carbocycles. The van der Waals surface area contributed by atoms with Gasteiger partial charge in [0.1, 0.15) is 5.75 Å². The van der Waals surface area contributed by atoms with Gasteiger partial charge >= 0.3 is 6.18 Å². The maximum atomic E-state index is 13.0. The van der Waals surface area contributed by atoms with Gasteiger partial charge in [-0.15, -0.1) is 0 Å². The van der Waals surface area contributed by atoms with Crippen molar-refractivity contribution in [1.29, 1.82) is 0 Å². The largest absolute Gasteiger partial charge is 0.473 e. The minimum absolute atomic E-state index is 0.0473. The van der Waals surface area contributed by atoms with Crippen molar-refractivity contribution in [2.45, 2.75) is 45.5 Å². The van der Waals surface area contributed by atoms with E-state index in [1.54, 1.807) is 0 Å². The number of fused-ring (bicyclic) bond motifs is 1. The first-order valence-electron chi connectivity index (χ1n) is 8.02. The van der Waals surface area contributed by atoms with Gasteiger partial charge in [0, 0.05) is 12.2 Å². The lowest BCUT2D eigenvalue weighted by atomic mass is 9.77. The Hall–Kier alpha value is -1.76. The van der Waals surface area contributed by atoms with Crippen LogP contribution in [-0.2, 0) is 22.3 Å². The van der Waals surface area contributed by atoms with E-state index in [9.17, 15) is 18.0 Å². The monoisotopic (exact) mass is 343 g/mol. The summed E-state index contributed by atoms with van der Waals surface area (Å²) in [5, 5.41) is 0. The summed E-state index contributed by atoms with van der Waals surface area (Å²) >= 11 is 0. The molecule has 0 bridgehead atoms. The van der Waals surface area contributed by atoms with E-state index in [1.807, 2.05) is 13.8 Å². The van der Waals surface area contributed by atoms with Crippen molar-refractivity contribution < 1.29 is 27.4 Å². The van der Waals surface area contributed by atoms with Gasteiger partial charge in [0.05, 0.1) is 23.6 Å². The lowest BCUT2D eigenvalue weighted by molar-refractivity contribution is -0.150. The minimum atomic E-state index is -4.42. The number of ether oxygens (including phenoxy) is 2. The second-order valence-corrected chi connectivity index (χ2v) is 6.37. The van der Waals surface area contributed by atoms with Gasteiger partial charge in [-0.25, -0.2) is 0 Å². The smallest absolute Gasteiger partial charge is 0.416 e. The van der Waals surface area contributed by atoms with Crippen molar-refractivity contribution in [3.05, 3.63) is 29.3 Å². The molecule has 132 valence electrons. The lowest BCUT2D eigenvalue weighted by Crippen LogP contribution is -2.49. The molecule has 1 saturated heterocycles. The second-order valence-electron chi connectivity index (χ2n) is 6.37. The van der Waals surface area contributed by atoms with Crippen molar-refractivity contribution >= 4 is 5.91 Å². The third-order valence-electron chi connectivity index (χ3n) is 5.16. The molecule has 0 radical (unpaired) electrons. The minimum Gasteiger partial charge on any atom is -0.473 e. The highest BCUT2D eigenvalue weighted by Gasteiger charge is 2.49. The number of alkyl halides is 3. The van der Waals surface area contributed by atoms with Gasteiger partial charge in [-0.3, -0.25) is 4.79 Å². The van der Waals surface area contributed by atoms with Crippen molar-refractivity contribution in [2.24, 2.45) is 5.41 Å². The number of amides is 1. The quantitative estimate of drug-likeness (QED) is 0.824. The maximum absolute atomic E-state index is 13.0. The first-order valence-corrected chi connectivity index (χ1v) is 8.02. The number of rotatable bonds is 2. The zero-order valence-corrected chi connectivity index (χ0v) is 13.7. The summed E-state index contributed by atoms with van der Waals surface area (Å²) in [5.74, 6) is 0.284. The molecule has 0 N–H and O–H groups in total. The van der Waals surface area contributed by atoms with Gasteiger partial charge in [-0.2, -0.15) is 13.2 Å². The maximum Gasteiger partial charge on any atom is 0.416 e. The molecule has 1 fully saturated rings. The highest BCUT2D eigenvalue weighted by molar-refractivity contribution is 5.84. The van der Waals surface area contributed by atoms with Crippen LogP contribution in [0.25, 0.3) is 0 Å². The third kappa shape index (κ3) is 2.75. The van der Waals surface area contributed by atoms with E-state index in [-0.39, 0.29) is 25.3 Å². The Labute approximate surface area is 138 Å². The number of nitrogens with zero attached hydrogens (tertiary/aromatic N) is 1. The summed E-state index contributed by atoms with van der Waals surface area (Å²) in [6.07, 6.45) is -3.38. The van der Waals surface area contributed by atoms with E-state index < -0.39 is 17.2 Å². The first kappa shape index (κ1) is 17.1. The summed E-state index contributed by atoms with van der Waals surface area (Å²) < 4.78 is 49.7. The average molecular weight is 343 g/mol. The molecule has 2 aliphatic rings. The van der Waals surface area contributed by atoms with Crippen LogP contribution in [0.1, 0.15) is 37.8 Å². The number of benzene rings is 1. The number of carbonyl (C=O) groups is 1. The van der Waals surface area contributed by atoms with E-state index in [4.69, 9.17) is 9.47 Å². The van der Waals surface area contributed by atoms with E-state index in [0.29, 0.717) is 30.8 Å². The molecular formula is C17H20F3NO3. The van der Waals surface area contributed by atoms with Crippen LogP contribution < -0.4 is 4.74 Å². The van der Waals surface area contributed by atoms with Crippen LogP contribution in [0.3, 0.4) is 0 Å². The number of halogens is 3. The van der Waals surface area contributed by atoms with Gasteiger partial charge in [-0.1, -0.05) is 6.92 Å². The summed E-state index contributed by atoms with van der Waals surface area (Å²) in [7, 11) is 0. The molecule has 2 atom stereocenters. The molecule has 0 saturated carbocycles. The zero-order chi connectivity index (χ0) is 17.5. The van der Waals surface area contributed by atoms with Crippen LogP contribution >= 0.6 is 0 Å². The standard InChI is InChI=1S/C17H20F3NO3/c1-3-16(6-7-23-11(16)2)15(22)21-9-12-8-13(17(18,19)20)4-5-14(12)24-10-21/h4-5,8,11H,3,6-7,9-10H2,1-2H3. The molecule has 1 amide bonds. The van der Waals surface area contributed by atoms with Crippen LogP contribution in [0, 0.1) is 5.41 Å². The normalized spacial score (nSPS) is 26.9. The lowest BCUT2D eigenvalue weighted by Gasteiger charge is -2.37. The van der Waals surface area contributed by atoms with Crippen molar-refractivity contribution in [3.8, 4) is 5.75 Å². The molecule has 2 unspecified atom stereocenters.